The lowest BCUT2D eigenvalue weighted by Gasteiger charge is -2.16. The highest BCUT2D eigenvalue weighted by Gasteiger charge is 2.21. The third-order valence-corrected chi connectivity index (χ3v) is 6.16. The van der Waals surface area contributed by atoms with Gasteiger partial charge in [-0.3, -0.25) is 9.59 Å². The van der Waals surface area contributed by atoms with E-state index in [0.717, 1.165) is 5.69 Å². The number of allylic oxidation sites excluding steroid dienone is 1. The van der Waals surface area contributed by atoms with Crippen LogP contribution in [-0.4, -0.2) is 45.8 Å². The summed E-state index contributed by atoms with van der Waals surface area (Å²) in [6.45, 7) is 0. The van der Waals surface area contributed by atoms with E-state index >= 15 is 0 Å². The van der Waals surface area contributed by atoms with Gasteiger partial charge in [0.15, 0.2) is 0 Å². The van der Waals surface area contributed by atoms with Crippen LogP contribution in [0.25, 0.3) is 11.3 Å². The van der Waals surface area contributed by atoms with E-state index in [0.29, 0.717) is 33.4 Å². The van der Waals surface area contributed by atoms with E-state index < -0.39 is 18.1 Å². The van der Waals surface area contributed by atoms with E-state index in [4.69, 9.17) is 22.7 Å². The van der Waals surface area contributed by atoms with Gasteiger partial charge in [-0.15, -0.1) is 0 Å². The van der Waals surface area contributed by atoms with Gasteiger partial charge in [-0.2, -0.15) is 0 Å². The molecule has 0 spiro atoms. The monoisotopic (exact) mass is 533 g/mol. The van der Waals surface area contributed by atoms with Gasteiger partial charge in [-0.1, -0.05) is 35.9 Å². The molecule has 1 aliphatic rings. The third kappa shape index (κ3) is 6.47. The molecular formula is C27H28ClN7O3. The van der Waals surface area contributed by atoms with Crippen molar-refractivity contribution < 1.29 is 14.7 Å². The Morgan fingerprint density at radius 1 is 1.29 bits per heavy atom. The second-order valence-corrected chi connectivity index (χ2v) is 9.16. The van der Waals surface area contributed by atoms with Crippen LogP contribution < -0.4 is 21.7 Å². The van der Waals surface area contributed by atoms with Crippen molar-refractivity contribution in [1.29, 1.82) is 5.41 Å². The molecule has 38 heavy (non-hydrogen) atoms. The van der Waals surface area contributed by atoms with Gasteiger partial charge >= 0.3 is 0 Å². The number of imidazole rings is 1. The third-order valence-electron chi connectivity index (χ3n) is 5.93. The Kier molecular flexibility index (Phi) is 8.25. The zero-order chi connectivity index (χ0) is 27.2. The molecule has 2 heterocycles. The van der Waals surface area contributed by atoms with Gasteiger partial charge in [0.1, 0.15) is 5.82 Å². The molecule has 10 nitrogen and oxygen atoms in total. The lowest BCUT2D eigenvalue weighted by atomic mass is 10.1. The minimum Gasteiger partial charge on any atom is -0.394 e. The van der Waals surface area contributed by atoms with E-state index in [1.807, 2.05) is 12.1 Å². The molecule has 196 valence electrons. The molecule has 0 fully saturated rings. The number of aromatic nitrogens is 2. The summed E-state index contributed by atoms with van der Waals surface area (Å²) in [5.41, 5.74) is 9.08. The van der Waals surface area contributed by atoms with Crippen LogP contribution in [0.3, 0.4) is 0 Å². The van der Waals surface area contributed by atoms with Gasteiger partial charge in [0.05, 0.1) is 47.6 Å². The normalized spacial score (nSPS) is 18.6. The molecule has 2 aromatic carbocycles. The van der Waals surface area contributed by atoms with Gasteiger partial charge in [0.25, 0.3) is 5.91 Å². The number of carbonyl (C=O) groups excluding carboxylic acids is 2. The van der Waals surface area contributed by atoms with Crippen LogP contribution in [0.15, 0.2) is 72.6 Å². The van der Waals surface area contributed by atoms with Gasteiger partial charge in [0.2, 0.25) is 5.91 Å². The molecule has 0 saturated heterocycles. The van der Waals surface area contributed by atoms with Gasteiger partial charge < -0.3 is 37.2 Å². The first-order chi connectivity index (χ1) is 18.2. The van der Waals surface area contributed by atoms with Crippen LogP contribution in [0, 0.1) is 5.41 Å². The molecule has 0 radical (unpaired) electrons. The largest absolute Gasteiger partial charge is 0.394 e. The highest BCUT2D eigenvalue weighted by Crippen LogP contribution is 2.31. The highest BCUT2D eigenvalue weighted by molar-refractivity contribution is 6.31. The van der Waals surface area contributed by atoms with Crippen molar-refractivity contribution in [2.45, 2.75) is 25.0 Å². The first kappa shape index (κ1) is 26.6. The number of nitrogens with zero attached hydrogens (tertiary/aromatic N) is 1. The van der Waals surface area contributed by atoms with Crippen LogP contribution in [0.5, 0.6) is 0 Å². The lowest BCUT2D eigenvalue weighted by Crippen LogP contribution is -2.33. The summed E-state index contributed by atoms with van der Waals surface area (Å²) < 4.78 is 0. The average Bonchev–Trinajstić information content (AvgIpc) is 3.37. The number of H-pyrrole nitrogens is 1. The zero-order valence-corrected chi connectivity index (χ0v) is 21.3. The molecular weight excluding hydrogens is 506 g/mol. The van der Waals surface area contributed by atoms with E-state index in [-0.39, 0.29) is 30.2 Å². The first-order valence-electron chi connectivity index (χ1n) is 11.9. The van der Waals surface area contributed by atoms with Crippen molar-refractivity contribution in [3.05, 3.63) is 89.0 Å². The Morgan fingerprint density at radius 2 is 2.11 bits per heavy atom. The van der Waals surface area contributed by atoms with Crippen molar-refractivity contribution in [3.8, 4) is 11.3 Å². The van der Waals surface area contributed by atoms with Crippen LogP contribution in [0.4, 0.5) is 11.4 Å². The standard InChI is InChI=1S/C27H28ClN7O3/c1-31-17-8-9-19-23(11-17)33-25(37)12-18(36)6-3-7-22(26-32-14-24(19)34-26)35-27(38)21(30)13-20(29)15-4-2-5-16(28)10-15/h2-6,8-11,13-14,18,22,29,31,36H,7,12,30H2,1H3,(H,32,34)(H,33,37)(H,35,38)/b6-3+,21-13-,29-20?. The molecule has 2 bridgehead atoms. The summed E-state index contributed by atoms with van der Waals surface area (Å²) in [5, 5.41) is 27.8. The Hall–Kier alpha value is -4.41. The fourth-order valence-corrected chi connectivity index (χ4v) is 4.15. The predicted molar refractivity (Wildman–Crippen MR) is 148 cm³/mol. The highest BCUT2D eigenvalue weighted by atomic mass is 35.5. The number of aliphatic hydroxyl groups is 1. The number of benzene rings is 2. The Morgan fingerprint density at radius 3 is 2.87 bits per heavy atom. The molecule has 11 heteroatoms. The van der Waals surface area contributed by atoms with Gasteiger partial charge in [-0.05, 0) is 42.8 Å². The number of hydrogen-bond donors (Lipinski definition) is 7. The molecule has 2 unspecified atom stereocenters. The van der Waals surface area contributed by atoms with Gasteiger partial charge in [0, 0.05) is 28.9 Å². The minimum atomic E-state index is -1.02. The summed E-state index contributed by atoms with van der Waals surface area (Å²) in [7, 11) is 1.77. The number of aliphatic hydroxyl groups excluding tert-OH is 1. The molecule has 3 aromatic rings. The number of nitrogens with two attached hydrogens (primary N) is 1. The molecule has 1 aromatic heterocycles. The van der Waals surface area contributed by atoms with Crippen LogP contribution in [0.2, 0.25) is 5.02 Å². The molecule has 0 saturated carbocycles. The maximum absolute atomic E-state index is 13.0. The Labute approximate surface area is 224 Å². The number of amides is 2. The minimum absolute atomic E-state index is 0.0353. The number of carbonyl (C=O) groups is 2. The second kappa shape index (κ2) is 11.8. The summed E-state index contributed by atoms with van der Waals surface area (Å²) in [6, 6.07) is 11.6. The first-order valence-corrected chi connectivity index (χ1v) is 12.3. The van der Waals surface area contributed by atoms with E-state index in [1.165, 1.54) is 12.2 Å². The summed E-state index contributed by atoms with van der Waals surface area (Å²) >= 11 is 6.00. The maximum Gasteiger partial charge on any atom is 0.267 e. The number of halogens is 1. The lowest BCUT2D eigenvalue weighted by molar-refractivity contribution is -0.118. The molecule has 2 atom stereocenters. The fourth-order valence-electron chi connectivity index (χ4n) is 3.96. The molecule has 4 rings (SSSR count). The van der Waals surface area contributed by atoms with E-state index in [9.17, 15) is 14.7 Å². The summed E-state index contributed by atoms with van der Waals surface area (Å²) in [6.07, 6.45) is 5.17. The quantitative estimate of drug-likeness (QED) is 0.150. The number of anilines is 2. The fraction of sp³-hybridized carbons (Fsp3) is 0.185. The number of rotatable bonds is 5. The molecule has 1 aliphatic heterocycles. The average molecular weight is 534 g/mol. The van der Waals surface area contributed by atoms with Crippen LogP contribution in [-0.2, 0) is 9.59 Å². The van der Waals surface area contributed by atoms with E-state index in [2.05, 4.69) is 25.9 Å². The van der Waals surface area contributed by atoms with Crippen LogP contribution in [0.1, 0.15) is 30.3 Å². The Balaban J connectivity index is 1.63. The van der Waals surface area contributed by atoms with Crippen molar-refractivity contribution in [2.75, 3.05) is 17.7 Å². The van der Waals surface area contributed by atoms with Crippen molar-refractivity contribution >= 4 is 40.5 Å². The SMILES string of the molecule is CNc1ccc2c(c1)NC(=O)CC(O)/C=C/CC(NC(=O)/C(N)=C/C(=N)c1cccc(Cl)c1)c1ncc-2[nH]1. The number of aromatic amines is 1. The number of fused-ring (bicyclic) bond motifs is 4. The maximum atomic E-state index is 13.0. The van der Waals surface area contributed by atoms with Crippen LogP contribution >= 0.6 is 11.6 Å². The predicted octanol–water partition coefficient (Wildman–Crippen LogP) is 3.49. The smallest absolute Gasteiger partial charge is 0.267 e. The van der Waals surface area contributed by atoms with Crippen molar-refractivity contribution in [2.24, 2.45) is 5.73 Å². The molecule has 8 N–H and O–H groups in total. The zero-order valence-electron chi connectivity index (χ0n) is 20.6. The molecule has 2 amide bonds. The van der Waals surface area contributed by atoms with Crippen molar-refractivity contribution in [1.82, 2.24) is 15.3 Å². The topological polar surface area (TPSA) is 169 Å². The second-order valence-electron chi connectivity index (χ2n) is 8.73. The van der Waals surface area contributed by atoms with Crippen molar-refractivity contribution in [3.63, 3.8) is 0 Å². The summed E-state index contributed by atoms with van der Waals surface area (Å²) in [5.74, 6) is -0.478. The number of hydrogen-bond acceptors (Lipinski definition) is 7. The molecule has 0 aliphatic carbocycles. The summed E-state index contributed by atoms with van der Waals surface area (Å²) in [4.78, 5) is 33.2. The van der Waals surface area contributed by atoms with Gasteiger partial charge in [-0.25, -0.2) is 4.98 Å². The van der Waals surface area contributed by atoms with E-state index in [1.54, 1.807) is 49.7 Å². The number of nitrogens with one attached hydrogen (secondary N) is 5. The Bertz CT molecular complexity index is 1430.